The predicted molar refractivity (Wildman–Crippen MR) is 74.1 cm³/mol. The predicted octanol–water partition coefficient (Wildman–Crippen LogP) is -0.0254. The summed E-state index contributed by atoms with van der Waals surface area (Å²) in [6, 6.07) is 5.46. The van der Waals surface area contributed by atoms with E-state index < -0.39 is 16.1 Å². The minimum Gasteiger partial charge on any atom is -0.377 e. The highest BCUT2D eigenvalue weighted by atomic mass is 32.2. The van der Waals surface area contributed by atoms with Crippen LogP contribution in [0, 0.1) is 6.92 Å². The summed E-state index contributed by atoms with van der Waals surface area (Å²) >= 11 is 0. The summed E-state index contributed by atoms with van der Waals surface area (Å²) in [5.41, 5.74) is 1.51. The molecule has 0 atom stereocenters. The molecular formula is C12H16N4O3S. The van der Waals surface area contributed by atoms with Crippen molar-refractivity contribution in [3.05, 3.63) is 41.7 Å². The quantitative estimate of drug-likeness (QED) is 0.628. The monoisotopic (exact) mass is 296 g/mol. The highest BCUT2D eigenvalue weighted by Gasteiger charge is 2.18. The summed E-state index contributed by atoms with van der Waals surface area (Å²) in [5.74, 6) is 0. The van der Waals surface area contributed by atoms with E-state index in [0.29, 0.717) is 18.9 Å². The third-order valence-electron chi connectivity index (χ3n) is 2.65. The largest absolute Gasteiger partial charge is 0.377 e. The SMILES string of the molecule is Cc1ccc(S(=O)(=O)NC(=O)NC2=CNCNC2)cc1. The first kappa shape index (κ1) is 14.4. The number of rotatable bonds is 3. The molecule has 1 aliphatic heterocycles. The fraction of sp³-hybridized carbons (Fsp3) is 0.250. The zero-order chi connectivity index (χ0) is 14.6. The molecule has 0 fully saturated rings. The van der Waals surface area contributed by atoms with Crippen LogP contribution in [0.5, 0.6) is 0 Å². The topological polar surface area (TPSA) is 99.3 Å². The zero-order valence-corrected chi connectivity index (χ0v) is 11.8. The normalized spacial score (nSPS) is 14.9. The summed E-state index contributed by atoms with van der Waals surface area (Å²) in [5, 5.41) is 8.31. The van der Waals surface area contributed by atoms with Gasteiger partial charge in [-0.15, -0.1) is 0 Å². The van der Waals surface area contributed by atoms with E-state index in [2.05, 4.69) is 16.0 Å². The van der Waals surface area contributed by atoms with Gasteiger partial charge < -0.3 is 10.6 Å². The molecule has 0 bridgehead atoms. The van der Waals surface area contributed by atoms with Gasteiger partial charge in [0, 0.05) is 18.4 Å². The molecule has 0 aliphatic carbocycles. The van der Waals surface area contributed by atoms with Crippen LogP contribution in [-0.2, 0) is 10.0 Å². The van der Waals surface area contributed by atoms with Gasteiger partial charge in [0.2, 0.25) is 0 Å². The van der Waals surface area contributed by atoms with E-state index in [1.807, 2.05) is 11.6 Å². The Morgan fingerprint density at radius 1 is 1.25 bits per heavy atom. The molecule has 20 heavy (non-hydrogen) atoms. The Morgan fingerprint density at radius 2 is 1.95 bits per heavy atom. The molecular weight excluding hydrogens is 280 g/mol. The van der Waals surface area contributed by atoms with Crippen molar-refractivity contribution in [3.63, 3.8) is 0 Å². The van der Waals surface area contributed by atoms with E-state index in [1.165, 1.54) is 12.1 Å². The van der Waals surface area contributed by atoms with Crippen LogP contribution in [0.1, 0.15) is 5.56 Å². The first-order chi connectivity index (χ1) is 9.47. The van der Waals surface area contributed by atoms with E-state index in [-0.39, 0.29) is 4.90 Å². The van der Waals surface area contributed by atoms with Gasteiger partial charge in [-0.3, -0.25) is 5.32 Å². The Hall–Kier alpha value is -2.06. The fourth-order valence-electron chi connectivity index (χ4n) is 1.64. The highest BCUT2D eigenvalue weighted by Crippen LogP contribution is 2.09. The summed E-state index contributed by atoms with van der Waals surface area (Å²) in [7, 11) is -3.86. The van der Waals surface area contributed by atoms with E-state index in [9.17, 15) is 13.2 Å². The molecule has 1 aliphatic rings. The van der Waals surface area contributed by atoms with E-state index >= 15 is 0 Å². The molecule has 2 amide bonds. The van der Waals surface area contributed by atoms with Gasteiger partial charge in [-0.2, -0.15) is 0 Å². The van der Waals surface area contributed by atoms with E-state index in [1.54, 1.807) is 18.3 Å². The van der Waals surface area contributed by atoms with E-state index in [0.717, 1.165) is 5.56 Å². The summed E-state index contributed by atoms with van der Waals surface area (Å²) in [4.78, 5) is 11.7. The number of hydrogen-bond acceptors (Lipinski definition) is 5. The van der Waals surface area contributed by atoms with Gasteiger partial charge in [-0.05, 0) is 19.1 Å². The van der Waals surface area contributed by atoms with Crippen molar-refractivity contribution in [1.82, 2.24) is 20.7 Å². The maximum Gasteiger partial charge on any atom is 0.332 e. The Kier molecular flexibility index (Phi) is 4.26. The first-order valence-electron chi connectivity index (χ1n) is 6.01. The molecule has 108 valence electrons. The number of nitrogens with one attached hydrogen (secondary N) is 4. The number of benzene rings is 1. The lowest BCUT2D eigenvalue weighted by Crippen LogP contribution is -2.44. The lowest BCUT2D eigenvalue weighted by Gasteiger charge is -2.16. The summed E-state index contributed by atoms with van der Waals surface area (Å²) in [6.07, 6.45) is 1.62. The van der Waals surface area contributed by atoms with Gasteiger partial charge in [0.15, 0.2) is 0 Å². The van der Waals surface area contributed by atoms with Crippen LogP contribution in [0.3, 0.4) is 0 Å². The maximum atomic E-state index is 12.0. The number of hydrogen-bond donors (Lipinski definition) is 4. The maximum absolute atomic E-state index is 12.0. The average molecular weight is 296 g/mol. The van der Waals surface area contributed by atoms with Crippen LogP contribution in [0.2, 0.25) is 0 Å². The van der Waals surface area contributed by atoms with Crippen molar-refractivity contribution < 1.29 is 13.2 Å². The van der Waals surface area contributed by atoms with Gasteiger partial charge >= 0.3 is 6.03 Å². The second-order valence-corrected chi connectivity index (χ2v) is 6.03. The van der Waals surface area contributed by atoms with Crippen LogP contribution in [0.25, 0.3) is 0 Å². The lowest BCUT2D eigenvalue weighted by atomic mass is 10.2. The van der Waals surface area contributed by atoms with Gasteiger partial charge in [0.05, 0.1) is 11.6 Å². The van der Waals surface area contributed by atoms with Crippen LogP contribution in [0.15, 0.2) is 41.1 Å². The minimum absolute atomic E-state index is 0.0483. The summed E-state index contributed by atoms with van der Waals surface area (Å²) in [6.45, 7) is 2.92. The molecule has 0 saturated carbocycles. The van der Waals surface area contributed by atoms with Gasteiger partial charge in [-0.1, -0.05) is 17.7 Å². The average Bonchev–Trinajstić information content (AvgIpc) is 2.39. The van der Waals surface area contributed by atoms with Crippen molar-refractivity contribution >= 4 is 16.1 Å². The fourth-order valence-corrected chi connectivity index (χ4v) is 2.55. The van der Waals surface area contributed by atoms with Gasteiger partial charge in [0.25, 0.3) is 10.0 Å². The van der Waals surface area contributed by atoms with Crippen molar-refractivity contribution in [3.8, 4) is 0 Å². The van der Waals surface area contributed by atoms with Crippen molar-refractivity contribution in [1.29, 1.82) is 0 Å². The Morgan fingerprint density at radius 3 is 2.55 bits per heavy atom. The van der Waals surface area contributed by atoms with Crippen molar-refractivity contribution in [2.75, 3.05) is 13.2 Å². The first-order valence-corrected chi connectivity index (χ1v) is 7.49. The second kappa shape index (κ2) is 5.93. The van der Waals surface area contributed by atoms with Crippen molar-refractivity contribution in [2.24, 2.45) is 0 Å². The Labute approximate surface area is 117 Å². The van der Waals surface area contributed by atoms with Crippen LogP contribution in [0.4, 0.5) is 4.79 Å². The number of carbonyl (C=O) groups excluding carboxylic acids is 1. The number of sulfonamides is 1. The zero-order valence-electron chi connectivity index (χ0n) is 10.9. The van der Waals surface area contributed by atoms with Crippen LogP contribution < -0.4 is 20.7 Å². The number of aryl methyl sites for hydroxylation is 1. The molecule has 1 aromatic rings. The molecule has 7 nitrogen and oxygen atoms in total. The Balaban J connectivity index is 2.02. The van der Waals surface area contributed by atoms with Gasteiger partial charge in [0.1, 0.15) is 0 Å². The molecule has 0 saturated heterocycles. The third kappa shape index (κ3) is 3.72. The molecule has 0 radical (unpaired) electrons. The molecule has 1 heterocycles. The lowest BCUT2D eigenvalue weighted by molar-refractivity contribution is 0.247. The molecule has 0 spiro atoms. The van der Waals surface area contributed by atoms with Gasteiger partial charge in [-0.25, -0.2) is 17.9 Å². The molecule has 0 aromatic heterocycles. The highest BCUT2D eigenvalue weighted by molar-refractivity contribution is 7.90. The number of urea groups is 1. The van der Waals surface area contributed by atoms with Crippen molar-refractivity contribution in [2.45, 2.75) is 11.8 Å². The molecule has 2 rings (SSSR count). The molecule has 1 aromatic carbocycles. The number of carbonyl (C=O) groups is 1. The molecule has 8 heteroatoms. The second-order valence-electron chi connectivity index (χ2n) is 4.35. The standard InChI is InChI=1S/C12H16N4O3S/c1-9-2-4-11(5-3-9)20(18,19)16-12(17)15-10-6-13-8-14-7-10/h2-6,13-14H,7-8H2,1H3,(H2,15,16,17). The minimum atomic E-state index is -3.86. The molecule has 4 N–H and O–H groups in total. The molecule has 0 unspecified atom stereocenters. The third-order valence-corrected chi connectivity index (χ3v) is 4.00. The smallest absolute Gasteiger partial charge is 0.332 e. The Bertz CT molecular complexity index is 623. The van der Waals surface area contributed by atoms with Crippen LogP contribution >= 0.6 is 0 Å². The summed E-state index contributed by atoms with van der Waals surface area (Å²) < 4.78 is 25.9. The van der Waals surface area contributed by atoms with Crippen LogP contribution in [-0.4, -0.2) is 27.7 Å². The van der Waals surface area contributed by atoms with E-state index in [4.69, 9.17) is 0 Å². The number of amides is 2.